The molecule has 0 saturated heterocycles. The molecule has 7 heteroatoms. The first-order chi connectivity index (χ1) is 13.5. The van der Waals surface area contributed by atoms with Crippen molar-refractivity contribution >= 4 is 23.4 Å². The number of rotatable bonds is 7. The largest absolute Gasteiger partial charge is 0.497 e. The minimum atomic E-state index is -0.398. The number of hydrogen-bond acceptors (Lipinski definition) is 5. The molecule has 0 bridgehead atoms. The summed E-state index contributed by atoms with van der Waals surface area (Å²) in [5, 5.41) is 2.76. The number of ether oxygens (including phenoxy) is 2. The molecule has 3 amide bonds. The van der Waals surface area contributed by atoms with E-state index in [-0.39, 0.29) is 17.4 Å². The molecule has 3 rings (SSSR count). The highest BCUT2D eigenvalue weighted by Crippen LogP contribution is 2.27. The number of carbonyl (C=O) groups is 3. The minimum absolute atomic E-state index is 0.261. The van der Waals surface area contributed by atoms with Gasteiger partial charge in [0.15, 0.2) is 0 Å². The number of amides is 3. The van der Waals surface area contributed by atoms with E-state index in [0.29, 0.717) is 34.9 Å². The first-order valence-electron chi connectivity index (χ1n) is 9.03. The third-order valence-corrected chi connectivity index (χ3v) is 4.58. The molecular formula is C21H22N2O5. The zero-order valence-corrected chi connectivity index (χ0v) is 16.1. The summed E-state index contributed by atoms with van der Waals surface area (Å²) in [6.07, 6.45) is 1.63. The highest BCUT2D eigenvalue weighted by Gasteiger charge is 2.35. The Bertz CT molecular complexity index is 916. The minimum Gasteiger partial charge on any atom is -0.497 e. The fraction of sp³-hybridized carbons (Fsp3) is 0.286. The van der Waals surface area contributed by atoms with E-state index in [9.17, 15) is 14.4 Å². The molecule has 0 unspecified atom stereocenters. The smallest absolute Gasteiger partial charge is 0.261 e. The molecular weight excluding hydrogens is 360 g/mol. The van der Waals surface area contributed by atoms with Crippen LogP contribution < -0.4 is 14.8 Å². The van der Waals surface area contributed by atoms with Crippen LogP contribution >= 0.6 is 0 Å². The molecule has 28 heavy (non-hydrogen) atoms. The molecule has 0 atom stereocenters. The van der Waals surface area contributed by atoms with Crippen molar-refractivity contribution < 1.29 is 23.9 Å². The number of anilines is 1. The van der Waals surface area contributed by atoms with Crippen LogP contribution in [-0.4, -0.2) is 43.4 Å². The summed E-state index contributed by atoms with van der Waals surface area (Å²) in [5.41, 5.74) is 1.38. The van der Waals surface area contributed by atoms with Gasteiger partial charge in [0.05, 0.1) is 25.3 Å². The number of imide groups is 1. The van der Waals surface area contributed by atoms with Crippen molar-refractivity contribution in [2.24, 2.45) is 0 Å². The summed E-state index contributed by atoms with van der Waals surface area (Å²) in [6, 6.07) is 9.56. The van der Waals surface area contributed by atoms with Crippen LogP contribution in [0.25, 0.3) is 0 Å². The topological polar surface area (TPSA) is 84.9 Å². The predicted octanol–water partition coefficient (Wildman–Crippen LogP) is 3.35. The maximum atomic E-state index is 12.7. The average Bonchev–Trinajstić information content (AvgIpc) is 2.95. The lowest BCUT2D eigenvalue weighted by atomic mass is 10.1. The van der Waals surface area contributed by atoms with Crippen molar-refractivity contribution in [2.75, 3.05) is 26.1 Å². The van der Waals surface area contributed by atoms with Gasteiger partial charge in [-0.15, -0.1) is 0 Å². The molecule has 2 aromatic rings. The lowest BCUT2D eigenvalue weighted by Crippen LogP contribution is -2.30. The van der Waals surface area contributed by atoms with Crippen molar-refractivity contribution in [1.29, 1.82) is 0 Å². The van der Waals surface area contributed by atoms with E-state index in [4.69, 9.17) is 9.47 Å². The van der Waals surface area contributed by atoms with Crippen LogP contribution in [0.15, 0.2) is 36.4 Å². The van der Waals surface area contributed by atoms with Crippen LogP contribution in [0.3, 0.4) is 0 Å². The van der Waals surface area contributed by atoms with Gasteiger partial charge in [-0.25, -0.2) is 0 Å². The monoisotopic (exact) mass is 382 g/mol. The van der Waals surface area contributed by atoms with E-state index >= 15 is 0 Å². The molecule has 7 nitrogen and oxygen atoms in total. The van der Waals surface area contributed by atoms with E-state index < -0.39 is 5.91 Å². The molecule has 1 N–H and O–H groups in total. The van der Waals surface area contributed by atoms with Crippen molar-refractivity contribution in [2.45, 2.75) is 19.8 Å². The van der Waals surface area contributed by atoms with Gasteiger partial charge < -0.3 is 14.8 Å². The average molecular weight is 382 g/mol. The Balaban J connectivity index is 1.83. The quantitative estimate of drug-likeness (QED) is 0.743. The lowest BCUT2D eigenvalue weighted by Gasteiger charge is -2.12. The van der Waals surface area contributed by atoms with Crippen molar-refractivity contribution in [3.63, 3.8) is 0 Å². The molecule has 0 spiro atoms. The first kappa shape index (κ1) is 19.4. The summed E-state index contributed by atoms with van der Waals surface area (Å²) in [7, 11) is 3.04. The van der Waals surface area contributed by atoms with E-state index in [1.165, 1.54) is 31.3 Å². The zero-order chi connectivity index (χ0) is 20.3. The fourth-order valence-corrected chi connectivity index (χ4v) is 3.03. The van der Waals surface area contributed by atoms with Gasteiger partial charge in [-0.05, 0) is 24.6 Å². The van der Waals surface area contributed by atoms with E-state index in [2.05, 4.69) is 5.32 Å². The summed E-state index contributed by atoms with van der Waals surface area (Å²) in [4.78, 5) is 38.8. The van der Waals surface area contributed by atoms with Crippen LogP contribution in [-0.2, 0) is 0 Å². The Kier molecular flexibility index (Phi) is 5.63. The molecule has 146 valence electrons. The Hall–Kier alpha value is -3.35. The highest BCUT2D eigenvalue weighted by atomic mass is 16.5. The van der Waals surface area contributed by atoms with Crippen molar-refractivity contribution in [3.8, 4) is 11.5 Å². The number of nitrogens with one attached hydrogen (secondary N) is 1. The standard InChI is InChI=1S/C21H22N2O5/c1-4-5-8-23-20(25)17-7-6-13(9-18(17)21(23)26)19(24)22-14-10-15(27-2)12-16(11-14)28-3/h6-7,9-12H,4-5,8H2,1-3H3,(H,22,24). The maximum absolute atomic E-state index is 12.7. The normalized spacial score (nSPS) is 12.8. The zero-order valence-electron chi connectivity index (χ0n) is 16.1. The third kappa shape index (κ3) is 3.69. The van der Waals surface area contributed by atoms with Crippen LogP contribution in [0, 0.1) is 0 Å². The van der Waals surface area contributed by atoms with Gasteiger partial charge in [-0.1, -0.05) is 13.3 Å². The Morgan fingerprint density at radius 2 is 1.61 bits per heavy atom. The Labute approximate surface area is 163 Å². The molecule has 1 aliphatic heterocycles. The van der Waals surface area contributed by atoms with E-state index in [1.54, 1.807) is 24.3 Å². The summed E-state index contributed by atoms with van der Waals surface area (Å²) in [5.74, 6) is 0.0151. The van der Waals surface area contributed by atoms with Crippen LogP contribution in [0.5, 0.6) is 11.5 Å². The molecule has 0 aliphatic carbocycles. The van der Waals surface area contributed by atoms with Gasteiger partial charge in [0.2, 0.25) is 0 Å². The maximum Gasteiger partial charge on any atom is 0.261 e. The number of nitrogens with zero attached hydrogens (tertiary/aromatic N) is 1. The fourth-order valence-electron chi connectivity index (χ4n) is 3.03. The molecule has 2 aromatic carbocycles. The van der Waals surface area contributed by atoms with Crippen molar-refractivity contribution in [1.82, 2.24) is 4.90 Å². The van der Waals surface area contributed by atoms with Crippen LogP contribution in [0.1, 0.15) is 50.8 Å². The van der Waals surface area contributed by atoms with Crippen molar-refractivity contribution in [3.05, 3.63) is 53.1 Å². The summed E-state index contributed by atoms with van der Waals surface area (Å²) < 4.78 is 10.4. The lowest BCUT2D eigenvalue weighted by molar-refractivity contribution is 0.0652. The third-order valence-electron chi connectivity index (χ3n) is 4.58. The number of carbonyl (C=O) groups excluding carboxylic acids is 3. The molecule has 0 aromatic heterocycles. The van der Waals surface area contributed by atoms with Crippen LogP contribution in [0.4, 0.5) is 5.69 Å². The summed E-state index contributed by atoms with van der Waals surface area (Å²) in [6.45, 7) is 2.38. The Morgan fingerprint density at radius 1 is 0.964 bits per heavy atom. The first-order valence-corrected chi connectivity index (χ1v) is 9.03. The second kappa shape index (κ2) is 8.12. The molecule has 0 fully saturated rings. The molecule has 1 heterocycles. The van der Waals surface area contributed by atoms with Gasteiger partial charge in [0.1, 0.15) is 11.5 Å². The number of benzene rings is 2. The SMILES string of the molecule is CCCCN1C(=O)c2ccc(C(=O)Nc3cc(OC)cc(OC)c3)cc2C1=O. The van der Waals surface area contributed by atoms with Gasteiger partial charge >= 0.3 is 0 Å². The van der Waals surface area contributed by atoms with Gasteiger partial charge in [0.25, 0.3) is 17.7 Å². The Morgan fingerprint density at radius 3 is 2.21 bits per heavy atom. The molecule has 0 saturated carbocycles. The summed E-state index contributed by atoms with van der Waals surface area (Å²) >= 11 is 0. The van der Waals surface area contributed by atoms with E-state index in [0.717, 1.165) is 12.8 Å². The number of fused-ring (bicyclic) bond motifs is 1. The van der Waals surface area contributed by atoms with E-state index in [1.807, 2.05) is 6.92 Å². The molecule has 0 radical (unpaired) electrons. The molecule has 1 aliphatic rings. The second-order valence-electron chi connectivity index (χ2n) is 6.43. The van der Waals surface area contributed by atoms with Crippen LogP contribution in [0.2, 0.25) is 0 Å². The number of methoxy groups -OCH3 is 2. The van der Waals surface area contributed by atoms with Gasteiger partial charge in [-0.2, -0.15) is 0 Å². The van der Waals surface area contributed by atoms with Gasteiger partial charge in [-0.3, -0.25) is 19.3 Å². The van der Waals surface area contributed by atoms with Gasteiger partial charge in [0, 0.05) is 36.0 Å². The predicted molar refractivity (Wildman–Crippen MR) is 104 cm³/mol. The second-order valence-corrected chi connectivity index (χ2v) is 6.43. The highest BCUT2D eigenvalue weighted by molar-refractivity contribution is 6.22. The number of hydrogen-bond donors (Lipinski definition) is 1. The number of unbranched alkanes of at least 4 members (excludes halogenated alkanes) is 1.